The Labute approximate surface area is 169 Å². The third kappa shape index (κ3) is 4.63. The number of H-pyrrole nitrogens is 1. The maximum absolute atomic E-state index is 6.11. The molecule has 0 saturated heterocycles. The number of imidazole rings is 1. The summed E-state index contributed by atoms with van der Waals surface area (Å²) >= 11 is 0. The topological polar surface area (TPSA) is 102 Å². The first-order chi connectivity index (χ1) is 14.2. The van der Waals surface area contributed by atoms with Crippen molar-refractivity contribution < 1.29 is 4.74 Å². The van der Waals surface area contributed by atoms with Gasteiger partial charge in [-0.25, -0.2) is 4.98 Å². The molecule has 0 spiro atoms. The zero-order chi connectivity index (χ0) is 20.1. The molecule has 0 aliphatic heterocycles. The lowest BCUT2D eigenvalue weighted by Crippen LogP contribution is -2.08. The van der Waals surface area contributed by atoms with Gasteiger partial charge in [0, 0.05) is 13.0 Å². The van der Waals surface area contributed by atoms with Crippen LogP contribution in [0.5, 0.6) is 5.75 Å². The van der Waals surface area contributed by atoms with Gasteiger partial charge in [-0.3, -0.25) is 0 Å². The van der Waals surface area contributed by atoms with Crippen molar-refractivity contribution in [2.24, 2.45) is 0 Å². The van der Waals surface area contributed by atoms with Gasteiger partial charge >= 0.3 is 0 Å². The fourth-order valence-electron chi connectivity index (χ4n) is 3.21. The quantitative estimate of drug-likeness (QED) is 0.399. The Morgan fingerprint density at radius 3 is 2.52 bits per heavy atom. The number of aromatic nitrogens is 4. The molecule has 0 fully saturated rings. The smallest absolute Gasteiger partial charge is 0.226 e. The van der Waals surface area contributed by atoms with Crippen molar-refractivity contribution in [2.45, 2.75) is 19.3 Å². The zero-order valence-electron chi connectivity index (χ0n) is 16.4. The Morgan fingerprint density at radius 2 is 1.76 bits per heavy atom. The Balaban J connectivity index is 1.41. The Kier molecular flexibility index (Phi) is 5.56. The van der Waals surface area contributed by atoms with Crippen molar-refractivity contribution in [2.75, 3.05) is 24.7 Å². The van der Waals surface area contributed by atoms with E-state index in [-0.39, 0.29) is 0 Å². The second-order valence-corrected chi connectivity index (χ2v) is 6.85. The predicted molar refractivity (Wildman–Crippen MR) is 115 cm³/mol. The van der Waals surface area contributed by atoms with E-state index in [0.29, 0.717) is 29.4 Å². The van der Waals surface area contributed by atoms with E-state index in [2.05, 4.69) is 49.5 Å². The summed E-state index contributed by atoms with van der Waals surface area (Å²) in [6.45, 7) is 0.771. The molecule has 2 heterocycles. The summed E-state index contributed by atoms with van der Waals surface area (Å²) in [5.74, 6) is 2.52. The van der Waals surface area contributed by atoms with Crippen molar-refractivity contribution in [1.29, 1.82) is 0 Å². The number of anilines is 2. The van der Waals surface area contributed by atoms with Gasteiger partial charge in [-0.1, -0.05) is 42.5 Å². The summed E-state index contributed by atoms with van der Waals surface area (Å²) in [4.78, 5) is 16.7. The summed E-state index contributed by atoms with van der Waals surface area (Å²) in [6.07, 6.45) is 2.64. The number of nitrogens with zero attached hydrogens (tertiary/aromatic N) is 3. The van der Waals surface area contributed by atoms with Crippen molar-refractivity contribution in [3.05, 3.63) is 71.5 Å². The van der Waals surface area contributed by atoms with Crippen LogP contribution in [-0.4, -0.2) is 33.6 Å². The van der Waals surface area contributed by atoms with E-state index in [0.717, 1.165) is 36.5 Å². The third-order valence-electron chi connectivity index (χ3n) is 4.72. The second-order valence-electron chi connectivity index (χ2n) is 6.85. The fourth-order valence-corrected chi connectivity index (χ4v) is 3.21. The molecule has 7 heteroatoms. The second kappa shape index (κ2) is 8.60. The molecule has 0 atom stereocenters. The standard InChI is InChI=1S/C22H24N6O/c1-29-17-11-9-16(10-12-17)14-18-25-19-20(23)27-22(28-21(19)26-18)24-13-5-8-15-6-3-2-4-7-15/h2-4,6-7,9-12H,5,8,13-14H2,1H3,(H4,23,24,25,26,27,28). The van der Waals surface area contributed by atoms with Gasteiger partial charge in [-0.15, -0.1) is 0 Å². The van der Waals surface area contributed by atoms with Crippen molar-refractivity contribution in [1.82, 2.24) is 19.9 Å². The molecule has 2 aromatic carbocycles. The number of aryl methyl sites for hydroxylation is 1. The van der Waals surface area contributed by atoms with Crippen LogP contribution >= 0.6 is 0 Å². The van der Waals surface area contributed by atoms with E-state index in [4.69, 9.17) is 10.5 Å². The Hall–Kier alpha value is -3.61. The van der Waals surface area contributed by atoms with Gasteiger partial charge in [0.15, 0.2) is 17.0 Å². The monoisotopic (exact) mass is 388 g/mol. The maximum Gasteiger partial charge on any atom is 0.226 e. The summed E-state index contributed by atoms with van der Waals surface area (Å²) in [6, 6.07) is 18.3. The van der Waals surface area contributed by atoms with Gasteiger partial charge in [0.1, 0.15) is 11.6 Å². The number of nitrogens with one attached hydrogen (secondary N) is 2. The minimum Gasteiger partial charge on any atom is -0.497 e. The molecule has 0 saturated carbocycles. The van der Waals surface area contributed by atoms with Gasteiger partial charge in [-0.2, -0.15) is 9.97 Å². The van der Waals surface area contributed by atoms with Crippen LogP contribution in [-0.2, 0) is 12.8 Å². The van der Waals surface area contributed by atoms with Gasteiger partial charge in [0.05, 0.1) is 7.11 Å². The van der Waals surface area contributed by atoms with Crippen LogP contribution < -0.4 is 15.8 Å². The lowest BCUT2D eigenvalue weighted by Gasteiger charge is -2.05. The first-order valence-electron chi connectivity index (χ1n) is 9.64. The van der Waals surface area contributed by atoms with Crippen molar-refractivity contribution >= 4 is 22.9 Å². The van der Waals surface area contributed by atoms with Crippen LogP contribution in [0.1, 0.15) is 23.4 Å². The number of ether oxygens (including phenoxy) is 1. The highest BCUT2D eigenvalue weighted by Gasteiger charge is 2.11. The molecule has 2 aromatic heterocycles. The van der Waals surface area contributed by atoms with E-state index in [1.54, 1.807) is 7.11 Å². The summed E-state index contributed by atoms with van der Waals surface area (Å²) in [5.41, 5.74) is 9.79. The van der Waals surface area contributed by atoms with Gasteiger partial charge in [0.25, 0.3) is 0 Å². The van der Waals surface area contributed by atoms with Crippen LogP contribution in [0.4, 0.5) is 11.8 Å². The Bertz CT molecular complexity index is 1080. The first-order valence-corrected chi connectivity index (χ1v) is 9.64. The lowest BCUT2D eigenvalue weighted by molar-refractivity contribution is 0.414. The molecule has 29 heavy (non-hydrogen) atoms. The molecule has 4 N–H and O–H groups in total. The SMILES string of the molecule is COc1ccc(Cc2nc3c(N)nc(NCCCc4ccccc4)nc3[nH]2)cc1. The van der Waals surface area contributed by atoms with Crippen molar-refractivity contribution in [3.8, 4) is 5.75 Å². The molecule has 0 amide bonds. The summed E-state index contributed by atoms with van der Waals surface area (Å²) in [5, 5.41) is 3.26. The lowest BCUT2D eigenvalue weighted by atomic mass is 10.1. The minimum absolute atomic E-state index is 0.373. The number of hydrogen-bond acceptors (Lipinski definition) is 6. The van der Waals surface area contributed by atoms with Crippen molar-refractivity contribution in [3.63, 3.8) is 0 Å². The molecule has 0 bridgehead atoms. The molecule has 0 aliphatic rings. The number of benzene rings is 2. The molecule has 0 unspecified atom stereocenters. The molecule has 0 radical (unpaired) electrons. The third-order valence-corrected chi connectivity index (χ3v) is 4.72. The van der Waals surface area contributed by atoms with E-state index < -0.39 is 0 Å². The number of nitrogen functional groups attached to an aromatic ring is 1. The number of rotatable bonds is 8. The van der Waals surface area contributed by atoms with E-state index in [1.165, 1.54) is 5.56 Å². The normalized spacial score (nSPS) is 10.9. The average molecular weight is 388 g/mol. The van der Waals surface area contributed by atoms with Crippen LogP contribution in [0.2, 0.25) is 0 Å². The summed E-state index contributed by atoms with van der Waals surface area (Å²) < 4.78 is 5.20. The van der Waals surface area contributed by atoms with E-state index in [9.17, 15) is 0 Å². The van der Waals surface area contributed by atoms with Gasteiger partial charge < -0.3 is 20.8 Å². The number of nitrogens with two attached hydrogens (primary N) is 1. The number of methoxy groups -OCH3 is 1. The molecule has 148 valence electrons. The summed E-state index contributed by atoms with van der Waals surface area (Å²) in [7, 11) is 1.66. The maximum atomic E-state index is 6.11. The first kappa shape index (κ1) is 18.7. The highest BCUT2D eigenvalue weighted by atomic mass is 16.5. The van der Waals surface area contributed by atoms with Gasteiger partial charge in [0.2, 0.25) is 5.95 Å². The minimum atomic E-state index is 0.373. The Morgan fingerprint density at radius 1 is 0.966 bits per heavy atom. The molecule has 4 aromatic rings. The molecule has 4 rings (SSSR count). The number of fused-ring (bicyclic) bond motifs is 1. The fraction of sp³-hybridized carbons (Fsp3) is 0.227. The number of aromatic amines is 1. The van der Waals surface area contributed by atoms with Crippen LogP contribution in [0.15, 0.2) is 54.6 Å². The predicted octanol–water partition coefficient (Wildman–Crippen LogP) is 3.58. The van der Waals surface area contributed by atoms with E-state index in [1.807, 2.05) is 30.3 Å². The average Bonchev–Trinajstić information content (AvgIpc) is 3.15. The van der Waals surface area contributed by atoms with Crippen LogP contribution in [0.25, 0.3) is 11.2 Å². The molecule has 0 aliphatic carbocycles. The molecular weight excluding hydrogens is 364 g/mol. The van der Waals surface area contributed by atoms with Crippen LogP contribution in [0.3, 0.4) is 0 Å². The highest BCUT2D eigenvalue weighted by Crippen LogP contribution is 2.20. The largest absolute Gasteiger partial charge is 0.497 e. The number of hydrogen-bond donors (Lipinski definition) is 3. The molecule has 7 nitrogen and oxygen atoms in total. The molecular formula is C22H24N6O. The van der Waals surface area contributed by atoms with E-state index >= 15 is 0 Å². The zero-order valence-corrected chi connectivity index (χ0v) is 16.4. The van der Waals surface area contributed by atoms with Gasteiger partial charge in [-0.05, 0) is 36.1 Å². The van der Waals surface area contributed by atoms with Crippen LogP contribution in [0, 0.1) is 0 Å². The highest BCUT2D eigenvalue weighted by molar-refractivity contribution is 5.82.